The van der Waals surface area contributed by atoms with Gasteiger partial charge in [-0.05, 0) is 300 Å². The van der Waals surface area contributed by atoms with E-state index < -0.39 is 139 Å². The van der Waals surface area contributed by atoms with E-state index in [1.54, 1.807) is 0 Å². The summed E-state index contributed by atoms with van der Waals surface area (Å²) in [5.41, 5.74) is 9.56. The second kappa shape index (κ2) is 41.7. The van der Waals surface area contributed by atoms with Gasteiger partial charge in [0.15, 0.2) is 66.5 Å². The third-order valence-electron chi connectivity index (χ3n) is 22.9. The molecule has 0 radical (unpaired) electrons. The molecule has 8 bridgehead atoms. The average molecular weight is 1960 g/mol. The van der Waals surface area contributed by atoms with E-state index in [9.17, 15) is 0 Å². The topological polar surface area (TPSA) is 185 Å². The summed E-state index contributed by atoms with van der Waals surface area (Å²) in [4.78, 5) is 0. The lowest BCUT2D eigenvalue weighted by Gasteiger charge is -2.61. The molecule has 8 aromatic rings. The molecular formula is C88H136O20Si16. The Balaban J connectivity index is 1.09. The van der Waals surface area contributed by atoms with Gasteiger partial charge in [0.1, 0.15) is 0 Å². The van der Waals surface area contributed by atoms with E-state index in [0.29, 0.717) is 48.4 Å². The fourth-order valence-electron chi connectivity index (χ4n) is 16.9. The van der Waals surface area contributed by atoms with Crippen molar-refractivity contribution in [3.63, 3.8) is 0 Å². The van der Waals surface area contributed by atoms with Crippen LogP contribution in [0.5, 0.6) is 0 Å². The van der Waals surface area contributed by atoms with E-state index in [2.05, 4.69) is 347 Å². The molecular weight excluding hydrogens is 1830 g/mol. The Hall–Kier alpha value is -3.57. The SMILES string of the molecule is C[Si](C)(CCCc1ccccc1)O[Si]12O[Si]3(O[Si](C)(C)CCCc4ccccc4)O[Si]4(O[Si](C)(C)CCCc5ccccc5)O[Si](O[Si](C)(C)CCCc5ccccc5)(O1)O[Si]1(O[Si](C)(C)CCCc5ccccc5)O[Si](O[Si](C)(C)CCCc5ccccc5)(O2)O[Si](O[Si](C)(C)CCCc2ccccc2)(O3)O[Si](O[Si](C)(C)CCCc2ccccc2)(O4)O1. The molecule has 0 amide bonds. The van der Waals surface area contributed by atoms with E-state index in [1.807, 2.05) is 0 Å². The number of benzene rings is 8. The summed E-state index contributed by atoms with van der Waals surface area (Å²) in [6, 6.07) is 89.1. The maximum Gasteiger partial charge on any atom is 0.651 e. The molecule has 20 nitrogen and oxygen atoms in total. The van der Waals surface area contributed by atoms with Gasteiger partial charge >= 0.3 is 72.4 Å². The third-order valence-corrected chi connectivity index (χ3v) is 85.1. The lowest BCUT2D eigenvalue weighted by atomic mass is 10.1. The number of rotatable bonds is 48. The fourth-order valence-corrected chi connectivity index (χ4v) is 90.7. The minimum absolute atomic E-state index is 0.586. The molecule has 6 heterocycles. The summed E-state index contributed by atoms with van der Waals surface area (Å²) in [6.45, 7) is 34.7. The predicted octanol–water partition coefficient (Wildman–Crippen LogP) is 22.6. The standard InChI is InChI=1S/C88H136O20Si16/c1-109(2,73-41-65-81-49-25-17-26-50-81)89-117-97-118(90-110(3,4)74-42-66-82-51-27-18-28-52-82)100-121(93-113(9,10)77-45-69-85-57-33-21-34-58-85)102-119(98-117,91-111(5,6)75-43-67-83-53-29-19-30-54-83)104-123(95-115(13,14)79-47-71-87-61-37-23-38-62-87)105-120(99-117,92-112(7,8)76-44-68-84-55-31-20-32-56-84)103-122(101-118,94-114(11,12)78-46-70-86-59-35-22-36-60-86)107-124(106-121,108-123)96-116(15,16)80-48-72-88-63-39-24-40-64-88/h17-40,49-64H,41-48,65-80H2,1-16H3. The van der Waals surface area contributed by atoms with Crippen LogP contribution in [-0.4, -0.2) is 139 Å². The van der Waals surface area contributed by atoms with Crippen LogP contribution in [0.1, 0.15) is 95.9 Å². The Bertz CT molecular complexity index is 3670. The maximum atomic E-state index is 8.54. The molecule has 0 unspecified atom stereocenters. The van der Waals surface area contributed by atoms with Gasteiger partial charge in [-0.15, -0.1) is 0 Å². The normalized spacial score (nSPS) is 25.0. The van der Waals surface area contributed by atoms with Gasteiger partial charge < -0.3 is 82.3 Å². The minimum Gasteiger partial charge on any atom is -0.395 e. The first-order chi connectivity index (χ1) is 58.8. The van der Waals surface area contributed by atoms with Crippen LogP contribution in [0, 0.1) is 0 Å². The molecule has 36 heteroatoms. The van der Waals surface area contributed by atoms with E-state index in [1.165, 1.54) is 44.5 Å². The summed E-state index contributed by atoms with van der Waals surface area (Å²) in [5.74, 6) is 0. The zero-order valence-corrected chi connectivity index (χ0v) is 92.2. The van der Waals surface area contributed by atoms with Gasteiger partial charge in [0.25, 0.3) is 0 Å². The van der Waals surface area contributed by atoms with Crippen molar-refractivity contribution in [1.82, 2.24) is 0 Å². The largest absolute Gasteiger partial charge is 0.651 e. The lowest BCUT2D eigenvalue weighted by Crippen LogP contribution is -2.93. The Morgan fingerprint density at radius 2 is 0.242 bits per heavy atom. The molecule has 0 atom stereocenters. The van der Waals surface area contributed by atoms with Crippen LogP contribution >= 0.6 is 0 Å². The molecule has 6 saturated heterocycles. The first kappa shape index (κ1) is 97.9. The molecule has 124 heavy (non-hydrogen) atoms. The highest BCUT2D eigenvalue weighted by atomic mass is 28.7. The van der Waals surface area contributed by atoms with Crippen molar-refractivity contribution in [2.45, 2.75) is 256 Å². The molecule has 6 fully saturated rings. The Morgan fingerprint density at radius 1 is 0.153 bits per heavy atom. The van der Waals surface area contributed by atoms with Gasteiger partial charge in [0, 0.05) is 0 Å². The van der Waals surface area contributed by atoms with Gasteiger partial charge in [-0.1, -0.05) is 243 Å². The molecule has 0 N–H and O–H groups in total. The van der Waals surface area contributed by atoms with Crippen molar-refractivity contribution in [2.24, 2.45) is 0 Å². The van der Waals surface area contributed by atoms with Gasteiger partial charge in [0.2, 0.25) is 0 Å². The second-order valence-corrected chi connectivity index (χ2v) is 95.3. The van der Waals surface area contributed by atoms with Gasteiger partial charge in [-0.2, -0.15) is 0 Å². The van der Waals surface area contributed by atoms with E-state index in [-0.39, 0.29) is 0 Å². The quantitative estimate of drug-likeness (QED) is 0.0328. The van der Waals surface area contributed by atoms with Gasteiger partial charge in [-0.25, -0.2) is 0 Å². The molecule has 8 aromatic carbocycles. The van der Waals surface area contributed by atoms with Crippen LogP contribution in [0.25, 0.3) is 0 Å². The summed E-state index contributed by atoms with van der Waals surface area (Å²) in [6.07, 6.45) is 11.9. The number of hydrogen-bond donors (Lipinski definition) is 0. The van der Waals surface area contributed by atoms with Crippen LogP contribution in [-0.2, 0) is 134 Å². The molecule has 0 saturated carbocycles. The monoisotopic (exact) mass is 1960 g/mol. The highest BCUT2D eigenvalue weighted by Gasteiger charge is 2.93. The summed E-state index contributed by atoms with van der Waals surface area (Å²) < 4.78 is 169. The lowest BCUT2D eigenvalue weighted by molar-refractivity contribution is -0.129. The Morgan fingerprint density at radius 3 is 0.331 bits per heavy atom. The molecule has 672 valence electrons. The highest BCUT2D eigenvalue weighted by Crippen LogP contribution is 2.55. The molecule has 0 aromatic heterocycles. The highest BCUT2D eigenvalue weighted by molar-refractivity contribution is 7.04. The molecule has 6 aliphatic rings. The van der Waals surface area contributed by atoms with Crippen molar-refractivity contribution in [2.75, 3.05) is 0 Å². The van der Waals surface area contributed by atoms with Crippen molar-refractivity contribution in [3.05, 3.63) is 287 Å². The fraction of sp³-hybridized carbons (Fsp3) is 0.455. The van der Waals surface area contributed by atoms with Crippen LogP contribution in [0.15, 0.2) is 243 Å². The Kier molecular flexibility index (Phi) is 32.9. The van der Waals surface area contributed by atoms with E-state index >= 15 is 0 Å². The third kappa shape index (κ3) is 29.2. The van der Waals surface area contributed by atoms with Crippen molar-refractivity contribution < 1.29 is 82.3 Å². The van der Waals surface area contributed by atoms with Gasteiger partial charge in [-0.3, -0.25) is 0 Å². The van der Waals surface area contributed by atoms with E-state index in [0.717, 1.165) is 103 Å². The maximum absolute atomic E-state index is 8.54. The summed E-state index contributed by atoms with van der Waals surface area (Å²) in [5, 5.41) is 0. The van der Waals surface area contributed by atoms with Crippen molar-refractivity contribution >= 4 is 139 Å². The number of hydrogen-bond acceptors (Lipinski definition) is 20. The molecule has 0 spiro atoms. The van der Waals surface area contributed by atoms with Crippen molar-refractivity contribution in [1.29, 1.82) is 0 Å². The van der Waals surface area contributed by atoms with Crippen molar-refractivity contribution in [3.8, 4) is 0 Å². The first-order valence-electron chi connectivity index (χ1n) is 45.1. The van der Waals surface area contributed by atoms with Crippen LogP contribution in [0.3, 0.4) is 0 Å². The molecule has 14 rings (SSSR count). The van der Waals surface area contributed by atoms with Crippen LogP contribution in [0.2, 0.25) is 153 Å². The average Bonchev–Trinajstić information content (AvgIpc) is 0.676. The first-order valence-corrected chi connectivity index (χ1v) is 83.1. The Labute approximate surface area is 758 Å². The zero-order chi connectivity index (χ0) is 88.0. The molecule has 6 aliphatic heterocycles. The van der Waals surface area contributed by atoms with Crippen LogP contribution < -0.4 is 0 Å². The van der Waals surface area contributed by atoms with E-state index in [4.69, 9.17) is 82.3 Å². The minimum atomic E-state index is -5.59. The smallest absolute Gasteiger partial charge is 0.395 e. The summed E-state index contributed by atoms with van der Waals surface area (Å²) in [7, 11) is -71.7. The van der Waals surface area contributed by atoms with Crippen LogP contribution in [0.4, 0.5) is 0 Å². The zero-order valence-electron chi connectivity index (χ0n) is 76.2. The second-order valence-electron chi connectivity index (χ2n) is 38.8. The van der Waals surface area contributed by atoms with Gasteiger partial charge in [0.05, 0.1) is 0 Å². The number of aryl methyl sites for hydroxylation is 8. The molecule has 0 aliphatic carbocycles. The summed E-state index contributed by atoms with van der Waals surface area (Å²) >= 11 is 0. The predicted molar refractivity (Wildman–Crippen MR) is 524 cm³/mol.